The normalized spacial score (nSPS) is 17.2. The molecule has 16 heavy (non-hydrogen) atoms. The number of aromatic hydroxyl groups is 1. The highest BCUT2D eigenvalue weighted by atomic mass is 35.5. The molecule has 2 rings (SSSR count). The van der Waals surface area contributed by atoms with Gasteiger partial charge in [-0.3, -0.25) is 0 Å². The van der Waals surface area contributed by atoms with Gasteiger partial charge in [0.25, 0.3) is 0 Å². The van der Waals surface area contributed by atoms with Crippen LogP contribution in [0.1, 0.15) is 62.5 Å². The summed E-state index contributed by atoms with van der Waals surface area (Å²) in [7, 11) is 0. The van der Waals surface area contributed by atoms with E-state index in [4.69, 9.17) is 11.6 Å². The number of phenols is 1. The summed E-state index contributed by atoms with van der Waals surface area (Å²) in [5.74, 6) is 1.30. The van der Waals surface area contributed by atoms with Gasteiger partial charge >= 0.3 is 0 Å². The molecule has 0 bridgehead atoms. The Labute approximate surface area is 102 Å². The second kappa shape index (κ2) is 4.67. The Morgan fingerprint density at radius 1 is 1.25 bits per heavy atom. The maximum atomic E-state index is 10.1. The van der Waals surface area contributed by atoms with Crippen LogP contribution >= 0.6 is 11.6 Å². The average Bonchev–Trinajstić information content (AvgIpc) is 2.73. The van der Waals surface area contributed by atoms with Crippen LogP contribution in [0.5, 0.6) is 5.75 Å². The molecule has 1 N–H and O–H groups in total. The van der Waals surface area contributed by atoms with Crippen molar-refractivity contribution >= 4 is 11.6 Å². The molecule has 1 aliphatic carbocycles. The van der Waals surface area contributed by atoms with Crippen molar-refractivity contribution in [2.45, 2.75) is 51.4 Å². The Balaban J connectivity index is 2.37. The van der Waals surface area contributed by atoms with E-state index in [9.17, 15) is 5.11 Å². The van der Waals surface area contributed by atoms with E-state index in [1.54, 1.807) is 0 Å². The Hall–Kier alpha value is -0.690. The summed E-state index contributed by atoms with van der Waals surface area (Å²) in [5, 5.41) is 10.9. The molecule has 2 heteroatoms. The Kier molecular flexibility index (Phi) is 3.44. The molecule has 1 aliphatic rings. The van der Waals surface area contributed by atoms with Gasteiger partial charge in [-0.15, -0.1) is 0 Å². The van der Waals surface area contributed by atoms with Crippen molar-refractivity contribution < 1.29 is 5.11 Å². The van der Waals surface area contributed by atoms with Crippen LogP contribution in [-0.2, 0) is 0 Å². The molecule has 1 fully saturated rings. The number of benzene rings is 1. The van der Waals surface area contributed by atoms with Crippen LogP contribution < -0.4 is 0 Å². The SMILES string of the molecule is CC(C)c1cc(O)c(C2CCCC2)cc1Cl. The summed E-state index contributed by atoms with van der Waals surface area (Å²) >= 11 is 6.26. The largest absolute Gasteiger partial charge is 0.508 e. The minimum Gasteiger partial charge on any atom is -0.508 e. The van der Waals surface area contributed by atoms with Crippen LogP contribution in [-0.4, -0.2) is 5.11 Å². The molecule has 88 valence electrons. The van der Waals surface area contributed by atoms with Gasteiger partial charge in [-0.25, -0.2) is 0 Å². The summed E-state index contributed by atoms with van der Waals surface area (Å²) in [4.78, 5) is 0. The molecule has 1 aromatic carbocycles. The van der Waals surface area contributed by atoms with Gasteiger partial charge in [-0.2, -0.15) is 0 Å². The minimum absolute atomic E-state index is 0.357. The number of rotatable bonds is 2. The van der Waals surface area contributed by atoms with Gasteiger partial charge in [-0.05, 0) is 47.9 Å². The van der Waals surface area contributed by atoms with Gasteiger partial charge in [0.1, 0.15) is 5.75 Å². The first-order valence-electron chi connectivity index (χ1n) is 6.12. The summed E-state index contributed by atoms with van der Waals surface area (Å²) in [6, 6.07) is 3.82. The lowest BCUT2D eigenvalue weighted by Gasteiger charge is -2.16. The standard InChI is InChI=1S/C14H19ClO/c1-9(2)11-8-14(16)12(7-13(11)15)10-5-3-4-6-10/h7-10,16H,3-6H2,1-2H3. The van der Waals surface area contributed by atoms with Gasteiger partial charge in [0, 0.05) is 5.02 Å². The number of halogens is 1. The fourth-order valence-corrected chi connectivity index (χ4v) is 2.99. The van der Waals surface area contributed by atoms with E-state index in [-0.39, 0.29) is 0 Å². The third kappa shape index (κ3) is 2.20. The van der Waals surface area contributed by atoms with Gasteiger partial charge < -0.3 is 5.11 Å². The van der Waals surface area contributed by atoms with E-state index in [0.29, 0.717) is 17.6 Å². The molecule has 0 spiro atoms. The highest BCUT2D eigenvalue weighted by molar-refractivity contribution is 6.31. The van der Waals surface area contributed by atoms with Gasteiger partial charge in [0.2, 0.25) is 0 Å². The lowest BCUT2D eigenvalue weighted by Crippen LogP contribution is -1.96. The fraction of sp³-hybridized carbons (Fsp3) is 0.571. The predicted molar refractivity (Wildman–Crippen MR) is 68.4 cm³/mol. The maximum Gasteiger partial charge on any atom is 0.119 e. The summed E-state index contributed by atoms with van der Waals surface area (Å²) < 4.78 is 0. The fourth-order valence-electron chi connectivity index (χ4n) is 2.60. The quantitative estimate of drug-likeness (QED) is 0.783. The highest BCUT2D eigenvalue weighted by Crippen LogP contribution is 2.41. The molecule has 0 heterocycles. The summed E-state index contributed by atoms with van der Waals surface area (Å²) in [5.41, 5.74) is 2.09. The Bertz CT molecular complexity index is 379. The van der Waals surface area contributed by atoms with Crippen LogP contribution in [0.25, 0.3) is 0 Å². The molecule has 0 atom stereocenters. The van der Waals surface area contributed by atoms with Crippen molar-refractivity contribution in [3.05, 3.63) is 28.3 Å². The van der Waals surface area contributed by atoms with E-state index in [0.717, 1.165) is 16.1 Å². The monoisotopic (exact) mass is 238 g/mol. The second-order valence-electron chi connectivity index (χ2n) is 5.07. The lowest BCUT2D eigenvalue weighted by atomic mass is 9.93. The zero-order valence-corrected chi connectivity index (χ0v) is 10.7. The molecular weight excluding hydrogens is 220 g/mol. The van der Waals surface area contributed by atoms with Crippen LogP contribution in [0.2, 0.25) is 5.02 Å². The van der Waals surface area contributed by atoms with E-state index in [1.807, 2.05) is 12.1 Å². The second-order valence-corrected chi connectivity index (χ2v) is 5.48. The zero-order chi connectivity index (χ0) is 11.7. The van der Waals surface area contributed by atoms with Gasteiger partial charge in [0.15, 0.2) is 0 Å². The third-order valence-corrected chi connectivity index (χ3v) is 3.89. The van der Waals surface area contributed by atoms with Crippen molar-refractivity contribution in [2.24, 2.45) is 0 Å². The molecular formula is C14H19ClO. The van der Waals surface area contributed by atoms with Crippen molar-refractivity contribution in [3.8, 4) is 5.75 Å². The minimum atomic E-state index is 0.357. The van der Waals surface area contributed by atoms with Gasteiger partial charge in [-0.1, -0.05) is 38.3 Å². The smallest absolute Gasteiger partial charge is 0.119 e. The predicted octanol–water partition coefficient (Wildman–Crippen LogP) is 4.83. The molecule has 0 saturated heterocycles. The first-order chi connectivity index (χ1) is 7.59. The van der Waals surface area contributed by atoms with Crippen molar-refractivity contribution in [1.82, 2.24) is 0 Å². The highest BCUT2D eigenvalue weighted by Gasteiger charge is 2.21. The molecule has 0 unspecified atom stereocenters. The summed E-state index contributed by atoms with van der Waals surface area (Å²) in [6.45, 7) is 4.19. The third-order valence-electron chi connectivity index (χ3n) is 3.56. The molecule has 0 aliphatic heterocycles. The average molecular weight is 239 g/mol. The van der Waals surface area contributed by atoms with E-state index < -0.39 is 0 Å². The number of hydrogen-bond donors (Lipinski definition) is 1. The molecule has 1 aromatic rings. The molecule has 0 aromatic heterocycles. The first kappa shape index (κ1) is 11.8. The van der Waals surface area contributed by atoms with Crippen molar-refractivity contribution in [1.29, 1.82) is 0 Å². The van der Waals surface area contributed by atoms with Crippen LogP contribution in [0.15, 0.2) is 12.1 Å². The topological polar surface area (TPSA) is 20.2 Å². The first-order valence-corrected chi connectivity index (χ1v) is 6.49. The summed E-state index contributed by atoms with van der Waals surface area (Å²) in [6.07, 6.45) is 4.91. The molecule has 0 radical (unpaired) electrons. The van der Waals surface area contributed by atoms with E-state index >= 15 is 0 Å². The molecule has 1 saturated carbocycles. The molecule has 1 nitrogen and oxygen atoms in total. The Morgan fingerprint density at radius 2 is 1.88 bits per heavy atom. The molecule has 0 amide bonds. The number of hydrogen-bond acceptors (Lipinski definition) is 1. The van der Waals surface area contributed by atoms with Crippen LogP contribution in [0.3, 0.4) is 0 Å². The van der Waals surface area contributed by atoms with Crippen molar-refractivity contribution in [2.75, 3.05) is 0 Å². The zero-order valence-electron chi connectivity index (χ0n) is 9.96. The number of phenolic OH excluding ortho intramolecular Hbond substituents is 1. The van der Waals surface area contributed by atoms with Crippen LogP contribution in [0, 0.1) is 0 Å². The van der Waals surface area contributed by atoms with E-state index in [1.165, 1.54) is 25.7 Å². The Morgan fingerprint density at radius 3 is 2.44 bits per heavy atom. The lowest BCUT2D eigenvalue weighted by molar-refractivity contribution is 0.460. The van der Waals surface area contributed by atoms with Gasteiger partial charge in [0.05, 0.1) is 0 Å². The van der Waals surface area contributed by atoms with E-state index in [2.05, 4.69) is 13.8 Å². The van der Waals surface area contributed by atoms with Crippen LogP contribution in [0.4, 0.5) is 0 Å². The maximum absolute atomic E-state index is 10.1. The van der Waals surface area contributed by atoms with Crippen molar-refractivity contribution in [3.63, 3.8) is 0 Å².